The maximum Gasteiger partial charge on any atom is 0.228 e. The molecule has 0 radical (unpaired) electrons. The molecule has 0 aliphatic heterocycles. The number of hydrogen-bond acceptors (Lipinski definition) is 6. The van der Waals surface area contributed by atoms with Crippen LogP contribution >= 0.6 is 0 Å². The van der Waals surface area contributed by atoms with Crippen LogP contribution in [0.2, 0.25) is 0 Å². The molecule has 0 aliphatic carbocycles. The van der Waals surface area contributed by atoms with Gasteiger partial charge in [0.1, 0.15) is 17.1 Å². The lowest BCUT2D eigenvalue weighted by Crippen LogP contribution is -2.14. The van der Waals surface area contributed by atoms with Gasteiger partial charge in [-0.2, -0.15) is 0 Å². The molecule has 2 aromatic carbocycles. The van der Waals surface area contributed by atoms with Gasteiger partial charge in [-0.05, 0) is 47.7 Å². The molecular weight excluding hydrogens is 402 g/mol. The van der Waals surface area contributed by atoms with Crippen molar-refractivity contribution in [3.05, 3.63) is 59.3 Å². The molecular formula is C22H25N3O4S. The van der Waals surface area contributed by atoms with Crippen LogP contribution in [0.5, 0.6) is 5.75 Å². The molecule has 0 saturated heterocycles. The molecule has 1 heterocycles. The summed E-state index contributed by atoms with van der Waals surface area (Å²) in [6.07, 6.45) is 0. The standard InChI is InChI=1S/C22H25N3O4S/c1-14-7-12-19(29-6)18(13-14)25-20(15(2)26)21(23-24-25)30(27,28)17-10-8-16(9-11-17)22(3,4)5/h7-13H,1-6H3. The summed E-state index contributed by atoms with van der Waals surface area (Å²) < 4.78 is 33.2. The highest BCUT2D eigenvalue weighted by molar-refractivity contribution is 7.91. The van der Waals surface area contributed by atoms with E-state index in [9.17, 15) is 13.2 Å². The average Bonchev–Trinajstić information content (AvgIpc) is 3.13. The minimum absolute atomic E-state index is 0.0567. The van der Waals surface area contributed by atoms with Crippen LogP contribution in [-0.4, -0.2) is 36.3 Å². The van der Waals surface area contributed by atoms with Gasteiger partial charge >= 0.3 is 0 Å². The van der Waals surface area contributed by atoms with Crippen LogP contribution in [0.3, 0.4) is 0 Å². The van der Waals surface area contributed by atoms with E-state index in [1.807, 2.05) is 33.8 Å². The van der Waals surface area contributed by atoms with Crippen LogP contribution in [0.1, 0.15) is 49.3 Å². The average molecular weight is 428 g/mol. The minimum atomic E-state index is -4.05. The second-order valence-corrected chi connectivity index (χ2v) is 10.0. The van der Waals surface area contributed by atoms with Crippen LogP contribution in [0.4, 0.5) is 0 Å². The summed E-state index contributed by atoms with van der Waals surface area (Å²) >= 11 is 0. The molecule has 1 aromatic heterocycles. The summed E-state index contributed by atoms with van der Waals surface area (Å²) in [6.45, 7) is 9.31. The second kappa shape index (κ2) is 7.68. The van der Waals surface area contributed by atoms with Crippen LogP contribution in [0.15, 0.2) is 52.4 Å². The van der Waals surface area contributed by atoms with E-state index in [1.54, 1.807) is 24.3 Å². The van der Waals surface area contributed by atoms with Crippen LogP contribution in [0.25, 0.3) is 5.69 Å². The molecule has 0 amide bonds. The van der Waals surface area contributed by atoms with Crippen molar-refractivity contribution in [2.75, 3.05) is 7.11 Å². The highest BCUT2D eigenvalue weighted by atomic mass is 32.2. The SMILES string of the molecule is COc1ccc(C)cc1-n1nnc(S(=O)(=O)c2ccc(C(C)(C)C)cc2)c1C(C)=O. The number of ketones is 1. The fraction of sp³-hybridized carbons (Fsp3) is 0.318. The summed E-state index contributed by atoms with van der Waals surface area (Å²) in [7, 11) is -2.56. The zero-order chi connectivity index (χ0) is 22.3. The fourth-order valence-electron chi connectivity index (χ4n) is 3.13. The first-order valence-electron chi connectivity index (χ1n) is 9.44. The fourth-order valence-corrected chi connectivity index (χ4v) is 4.48. The second-order valence-electron chi connectivity index (χ2n) is 8.16. The third kappa shape index (κ3) is 3.87. The van der Waals surface area contributed by atoms with Crippen molar-refractivity contribution < 1.29 is 17.9 Å². The summed E-state index contributed by atoms with van der Waals surface area (Å²) in [5, 5.41) is 7.51. The number of Topliss-reactive ketones (excluding diaryl/α,β-unsaturated/α-hetero) is 1. The van der Waals surface area contributed by atoms with E-state index in [0.717, 1.165) is 11.1 Å². The number of hydrogen-bond donors (Lipinski definition) is 0. The molecule has 0 bridgehead atoms. The Bertz CT molecular complexity index is 1200. The quantitative estimate of drug-likeness (QED) is 0.573. The largest absolute Gasteiger partial charge is 0.494 e. The van der Waals surface area contributed by atoms with Gasteiger partial charge in [0.25, 0.3) is 0 Å². The van der Waals surface area contributed by atoms with E-state index < -0.39 is 15.6 Å². The van der Waals surface area contributed by atoms with Gasteiger partial charge in [-0.25, -0.2) is 13.1 Å². The van der Waals surface area contributed by atoms with E-state index in [0.29, 0.717) is 11.4 Å². The molecule has 0 spiro atoms. The molecule has 3 aromatic rings. The Kier molecular flexibility index (Phi) is 5.56. The normalized spacial score (nSPS) is 12.1. The summed E-state index contributed by atoms with van der Waals surface area (Å²) in [5.74, 6) is -0.0140. The van der Waals surface area contributed by atoms with Crippen molar-refractivity contribution in [2.45, 2.75) is 50.0 Å². The molecule has 0 saturated carbocycles. The molecule has 7 nitrogen and oxygen atoms in total. The van der Waals surface area contributed by atoms with Crippen LogP contribution in [0, 0.1) is 6.92 Å². The lowest BCUT2D eigenvalue weighted by atomic mass is 9.87. The maximum atomic E-state index is 13.3. The topological polar surface area (TPSA) is 91.2 Å². The van der Waals surface area contributed by atoms with E-state index in [-0.39, 0.29) is 21.0 Å². The predicted octanol–water partition coefficient (Wildman–Crippen LogP) is 3.92. The molecule has 0 fully saturated rings. The number of ether oxygens (including phenoxy) is 1. The van der Waals surface area contributed by atoms with Crippen molar-refractivity contribution in [1.29, 1.82) is 0 Å². The number of carbonyl (C=O) groups excluding carboxylic acids is 1. The predicted molar refractivity (Wildman–Crippen MR) is 113 cm³/mol. The molecule has 0 aliphatic rings. The van der Waals surface area contributed by atoms with Gasteiger partial charge < -0.3 is 4.74 Å². The molecule has 0 atom stereocenters. The van der Waals surface area contributed by atoms with E-state index >= 15 is 0 Å². The van der Waals surface area contributed by atoms with Crippen molar-refractivity contribution in [3.8, 4) is 11.4 Å². The Balaban J connectivity index is 2.18. The van der Waals surface area contributed by atoms with Gasteiger partial charge in [0.05, 0.1) is 12.0 Å². The number of aromatic nitrogens is 3. The van der Waals surface area contributed by atoms with Gasteiger partial charge in [-0.1, -0.05) is 44.2 Å². The molecule has 0 unspecified atom stereocenters. The van der Waals surface area contributed by atoms with Crippen molar-refractivity contribution in [3.63, 3.8) is 0 Å². The molecule has 30 heavy (non-hydrogen) atoms. The first-order valence-corrected chi connectivity index (χ1v) is 10.9. The maximum absolute atomic E-state index is 13.3. The third-order valence-electron chi connectivity index (χ3n) is 4.82. The Morgan fingerprint density at radius 3 is 2.23 bits per heavy atom. The molecule has 0 N–H and O–H groups in total. The Morgan fingerprint density at radius 2 is 1.70 bits per heavy atom. The smallest absolute Gasteiger partial charge is 0.228 e. The lowest BCUT2D eigenvalue weighted by Gasteiger charge is -2.19. The van der Waals surface area contributed by atoms with Crippen molar-refractivity contribution in [2.24, 2.45) is 0 Å². The highest BCUT2D eigenvalue weighted by Gasteiger charge is 2.31. The van der Waals surface area contributed by atoms with Gasteiger partial charge in [-0.15, -0.1) is 5.10 Å². The summed E-state index contributed by atoms with van der Waals surface area (Å²) in [6, 6.07) is 12.0. The van der Waals surface area contributed by atoms with E-state index in [2.05, 4.69) is 10.3 Å². The number of carbonyl (C=O) groups is 1. The molecule has 3 rings (SSSR count). The van der Waals surface area contributed by atoms with E-state index in [4.69, 9.17) is 4.74 Å². The first-order chi connectivity index (χ1) is 14.0. The van der Waals surface area contributed by atoms with Gasteiger partial charge in [-0.3, -0.25) is 4.79 Å². The number of nitrogens with zero attached hydrogens (tertiary/aromatic N) is 3. The monoisotopic (exact) mass is 427 g/mol. The zero-order valence-corrected chi connectivity index (χ0v) is 18.7. The van der Waals surface area contributed by atoms with Crippen LogP contribution < -0.4 is 4.74 Å². The van der Waals surface area contributed by atoms with Gasteiger partial charge in [0.15, 0.2) is 5.78 Å². The molecule has 158 valence electrons. The summed E-state index contributed by atoms with van der Waals surface area (Å²) in [5.41, 5.74) is 2.12. The Labute approximate surface area is 176 Å². The Hall–Kier alpha value is -3.00. The number of rotatable bonds is 5. The molecule has 8 heteroatoms. The summed E-state index contributed by atoms with van der Waals surface area (Å²) in [4.78, 5) is 12.5. The third-order valence-corrected chi connectivity index (χ3v) is 6.50. The Morgan fingerprint density at radius 1 is 1.07 bits per heavy atom. The van der Waals surface area contributed by atoms with Gasteiger partial charge in [0.2, 0.25) is 14.9 Å². The number of sulfone groups is 1. The zero-order valence-electron chi connectivity index (χ0n) is 17.9. The van der Waals surface area contributed by atoms with E-state index in [1.165, 1.54) is 30.8 Å². The first kappa shape index (κ1) is 21.7. The number of benzene rings is 2. The highest BCUT2D eigenvalue weighted by Crippen LogP contribution is 2.30. The van der Waals surface area contributed by atoms with Crippen molar-refractivity contribution >= 4 is 15.6 Å². The van der Waals surface area contributed by atoms with Gasteiger partial charge in [0, 0.05) is 6.92 Å². The number of aryl methyl sites for hydroxylation is 1. The minimum Gasteiger partial charge on any atom is -0.494 e. The van der Waals surface area contributed by atoms with Crippen LogP contribution in [-0.2, 0) is 15.3 Å². The van der Waals surface area contributed by atoms with Crippen molar-refractivity contribution in [1.82, 2.24) is 15.0 Å². The lowest BCUT2D eigenvalue weighted by molar-refractivity contribution is 0.100. The number of methoxy groups -OCH3 is 1.